The van der Waals surface area contributed by atoms with Crippen LogP contribution in [0.5, 0.6) is 0 Å². The van der Waals surface area contributed by atoms with Crippen LogP contribution in [0.1, 0.15) is 0 Å². The maximum atomic E-state index is 10.1. The summed E-state index contributed by atoms with van der Waals surface area (Å²) in [4.78, 5) is 9.53. The predicted octanol–water partition coefficient (Wildman–Crippen LogP) is -0.499. The zero-order valence-corrected chi connectivity index (χ0v) is 4.44. The molecule has 0 aliphatic heterocycles. The number of nitroso groups, excluding NO2 is 1. The van der Waals surface area contributed by atoms with Crippen molar-refractivity contribution in [2.24, 2.45) is 5.18 Å². The molecule has 0 heterocycles. The van der Waals surface area contributed by atoms with Crippen molar-refractivity contribution in [1.82, 2.24) is 5.06 Å². The largest absolute Gasteiger partial charge is 0.784 e. The van der Waals surface area contributed by atoms with Gasteiger partial charge in [-0.15, -0.1) is 4.91 Å². The molecule has 48 valence electrons. The molecule has 0 aromatic rings. The zero-order valence-electron chi connectivity index (χ0n) is 4.44. The van der Waals surface area contributed by atoms with E-state index in [9.17, 15) is 10.1 Å². The highest BCUT2D eigenvalue weighted by Gasteiger charge is 2.02. The van der Waals surface area contributed by atoms with E-state index in [-0.39, 0.29) is 0 Å². The van der Waals surface area contributed by atoms with Crippen LogP contribution in [-0.2, 0) is 0 Å². The molecule has 0 bridgehead atoms. The molecule has 0 aliphatic carbocycles. The molecule has 0 aromatic heterocycles. The van der Waals surface area contributed by atoms with Crippen LogP contribution in [-0.4, -0.2) is 30.0 Å². The molecular weight excluding hydrogens is 112 g/mol. The summed E-state index contributed by atoms with van der Waals surface area (Å²) in [6, 6.07) is 0. The van der Waals surface area contributed by atoms with Gasteiger partial charge in [-0.25, -0.2) is 0 Å². The van der Waals surface area contributed by atoms with Crippen molar-refractivity contribution >= 4 is 0 Å². The van der Waals surface area contributed by atoms with E-state index < -0.39 is 12.8 Å². The van der Waals surface area contributed by atoms with Crippen molar-refractivity contribution in [1.29, 1.82) is 0 Å². The van der Waals surface area contributed by atoms with Crippen molar-refractivity contribution in [3.8, 4) is 0 Å². The van der Waals surface area contributed by atoms with Crippen LogP contribution < -0.4 is 0 Å². The van der Waals surface area contributed by atoms with Gasteiger partial charge in [-0.05, 0) is 12.2 Å². The highest BCUT2D eigenvalue weighted by atomic mass is 16.5. The monoisotopic (exact) mass is 119 g/mol. The third-order valence-corrected chi connectivity index (χ3v) is 0.705. The number of aliphatic hydroxyl groups is 1. The molecule has 1 atom stereocenters. The van der Waals surface area contributed by atoms with Crippen LogP contribution in [0.4, 0.5) is 0 Å². The average molecular weight is 119 g/mol. The normalized spacial score (nSPS) is 14.0. The number of nitrogens with zero attached hydrogens (tertiary/aromatic N) is 2. The van der Waals surface area contributed by atoms with E-state index in [4.69, 9.17) is 5.11 Å². The Bertz CT molecular complexity index is 74.9. The van der Waals surface area contributed by atoms with Gasteiger partial charge >= 0.3 is 0 Å². The number of rotatable bonds is 3. The van der Waals surface area contributed by atoms with E-state index in [1.807, 2.05) is 0 Å². The first kappa shape index (κ1) is 7.48. The van der Waals surface area contributed by atoms with E-state index in [1.54, 1.807) is 0 Å². The van der Waals surface area contributed by atoms with Crippen LogP contribution >= 0.6 is 0 Å². The molecule has 0 fully saturated rings. The number of hydroxylamine groups is 2. The molecule has 0 aromatic carbocycles. The van der Waals surface area contributed by atoms with Crippen molar-refractivity contribution in [3.05, 3.63) is 10.1 Å². The minimum absolute atomic E-state index is 0.299. The van der Waals surface area contributed by atoms with E-state index in [0.29, 0.717) is 5.06 Å². The van der Waals surface area contributed by atoms with E-state index in [1.165, 1.54) is 0 Å². The zero-order chi connectivity index (χ0) is 6.57. The second-order valence-corrected chi connectivity index (χ2v) is 1.31. The average Bonchev–Trinajstić information content (AvgIpc) is 1.69. The molecule has 0 saturated carbocycles. The summed E-state index contributed by atoms with van der Waals surface area (Å²) in [5.74, 6) is 0. The van der Waals surface area contributed by atoms with Crippen LogP contribution in [0.3, 0.4) is 0 Å². The van der Waals surface area contributed by atoms with Gasteiger partial charge in [0.2, 0.25) is 0 Å². The fraction of sp³-hybridized carbons (Fsp3) is 1.00. The quantitative estimate of drug-likeness (QED) is 0.401. The van der Waals surface area contributed by atoms with Crippen molar-refractivity contribution in [2.75, 3.05) is 13.7 Å². The van der Waals surface area contributed by atoms with Gasteiger partial charge in [0, 0.05) is 0 Å². The Hall–Kier alpha value is -0.520. The highest BCUT2D eigenvalue weighted by Crippen LogP contribution is 1.91. The predicted molar refractivity (Wildman–Crippen MR) is 27.8 cm³/mol. The maximum absolute atomic E-state index is 10.1. The lowest BCUT2D eigenvalue weighted by Crippen LogP contribution is -2.27. The second-order valence-electron chi connectivity index (χ2n) is 1.31. The lowest BCUT2D eigenvalue weighted by Gasteiger charge is -2.25. The van der Waals surface area contributed by atoms with Crippen molar-refractivity contribution < 1.29 is 5.11 Å². The van der Waals surface area contributed by atoms with Crippen LogP contribution in [0, 0.1) is 10.1 Å². The first-order valence-electron chi connectivity index (χ1n) is 2.05. The summed E-state index contributed by atoms with van der Waals surface area (Å²) in [6.45, 7) is -0.524. The van der Waals surface area contributed by atoms with Gasteiger partial charge in [-0.3, -0.25) is 0 Å². The maximum Gasteiger partial charge on any atom is 0.156 e. The Morgan fingerprint density at radius 3 is 2.50 bits per heavy atom. The summed E-state index contributed by atoms with van der Waals surface area (Å²) >= 11 is 0. The molecule has 0 amide bonds. The third-order valence-electron chi connectivity index (χ3n) is 0.705. The molecule has 0 rings (SSSR count). The molecule has 0 radical (unpaired) electrons. The first-order valence-corrected chi connectivity index (χ1v) is 2.05. The smallest absolute Gasteiger partial charge is 0.156 e. The highest BCUT2D eigenvalue weighted by molar-refractivity contribution is 4.62. The minimum Gasteiger partial charge on any atom is -0.784 e. The van der Waals surface area contributed by atoms with Crippen LogP contribution in [0.15, 0.2) is 5.18 Å². The van der Waals surface area contributed by atoms with Gasteiger partial charge in [-0.2, -0.15) is 0 Å². The first-order chi connectivity index (χ1) is 3.72. The van der Waals surface area contributed by atoms with Gasteiger partial charge in [0.15, 0.2) is 6.17 Å². The molecule has 0 saturated heterocycles. The molecule has 0 spiro atoms. The van der Waals surface area contributed by atoms with Gasteiger partial charge in [0.25, 0.3) is 0 Å². The summed E-state index contributed by atoms with van der Waals surface area (Å²) in [5, 5.41) is 20.8. The Labute approximate surface area is 46.5 Å². The summed E-state index contributed by atoms with van der Waals surface area (Å²) in [5.41, 5.74) is 0. The number of hydrogen-bond donors (Lipinski definition) is 1. The van der Waals surface area contributed by atoms with Gasteiger partial charge < -0.3 is 15.4 Å². The summed E-state index contributed by atoms with van der Waals surface area (Å²) < 4.78 is 0. The molecule has 1 N–H and O–H groups in total. The lowest BCUT2D eigenvalue weighted by molar-refractivity contribution is 0.189. The standard InChI is InChI=1S/C3H7N2O3/c1-5(8)3(2-6)4-7/h3,6H,2H2,1H3/q-1. The Balaban J connectivity index is 3.51. The molecule has 1 unspecified atom stereocenters. The fourth-order valence-corrected chi connectivity index (χ4v) is 0.215. The Morgan fingerprint density at radius 2 is 2.50 bits per heavy atom. The lowest BCUT2D eigenvalue weighted by atomic mass is 10.5. The fourth-order valence-electron chi connectivity index (χ4n) is 0.215. The number of aliphatic hydroxyl groups excluding tert-OH is 1. The van der Waals surface area contributed by atoms with Crippen LogP contribution in [0.25, 0.3) is 0 Å². The van der Waals surface area contributed by atoms with Gasteiger partial charge in [0.05, 0.1) is 6.61 Å². The second kappa shape index (κ2) is 3.48. The van der Waals surface area contributed by atoms with E-state index in [0.717, 1.165) is 7.05 Å². The number of likely N-dealkylation sites (N-methyl/N-ethyl adjacent to an activating group) is 1. The number of hydrogen-bond acceptors (Lipinski definition) is 5. The Morgan fingerprint density at radius 1 is 2.00 bits per heavy atom. The molecule has 0 aliphatic rings. The molecule has 5 nitrogen and oxygen atoms in total. The van der Waals surface area contributed by atoms with E-state index in [2.05, 4.69) is 5.18 Å². The van der Waals surface area contributed by atoms with E-state index >= 15 is 0 Å². The Kier molecular flexibility index (Phi) is 3.25. The summed E-state index contributed by atoms with van der Waals surface area (Å²) in [7, 11) is 1.13. The van der Waals surface area contributed by atoms with Gasteiger partial charge in [0.1, 0.15) is 0 Å². The van der Waals surface area contributed by atoms with Crippen molar-refractivity contribution in [2.45, 2.75) is 6.17 Å². The van der Waals surface area contributed by atoms with Gasteiger partial charge in [-0.1, -0.05) is 0 Å². The SMILES string of the molecule is CN([O-])C(CO)N=O. The molecule has 5 heteroatoms. The topological polar surface area (TPSA) is 76.0 Å². The molecular formula is C3H7N2O3-. The third kappa shape index (κ3) is 1.97. The summed E-state index contributed by atoms with van der Waals surface area (Å²) in [6.07, 6.45) is -1.14. The van der Waals surface area contributed by atoms with Crippen LogP contribution in [0.2, 0.25) is 0 Å². The van der Waals surface area contributed by atoms with Crippen molar-refractivity contribution in [3.63, 3.8) is 0 Å². The minimum atomic E-state index is -1.14. The molecule has 8 heavy (non-hydrogen) atoms.